The van der Waals surface area contributed by atoms with Gasteiger partial charge in [-0.25, -0.2) is 14.4 Å². The highest BCUT2D eigenvalue weighted by Crippen LogP contribution is 2.33. The largest absolute Gasteiger partial charge is 0.384 e. The quantitative estimate of drug-likeness (QED) is 0.139. The van der Waals surface area contributed by atoms with Crippen molar-refractivity contribution in [2.75, 3.05) is 50.9 Å². The third-order valence-corrected chi connectivity index (χ3v) is 8.41. The zero-order valence-electron chi connectivity index (χ0n) is 26.3. The molecule has 1 aromatic carbocycles. The number of nitrogens with zero attached hydrogens (tertiary/aromatic N) is 6. The number of H-pyrrole nitrogens is 2. The molecule has 1 amide bonds. The van der Waals surface area contributed by atoms with Crippen LogP contribution in [-0.4, -0.2) is 86.2 Å². The van der Waals surface area contributed by atoms with E-state index in [9.17, 15) is 9.18 Å². The van der Waals surface area contributed by atoms with Crippen LogP contribution >= 0.6 is 0 Å². The number of halogens is 1. The lowest BCUT2D eigenvalue weighted by Crippen LogP contribution is -2.30. The molecule has 5 aromatic heterocycles. The Bertz CT molecular complexity index is 2050. The predicted molar refractivity (Wildman–Crippen MR) is 181 cm³/mol. The van der Waals surface area contributed by atoms with Gasteiger partial charge in [-0.05, 0) is 87.9 Å². The maximum atomic E-state index is 14.7. The van der Waals surface area contributed by atoms with Gasteiger partial charge in [0.2, 0.25) is 5.91 Å². The molecule has 12 nitrogen and oxygen atoms in total. The van der Waals surface area contributed by atoms with Crippen LogP contribution in [0.15, 0.2) is 61.2 Å². The number of hydrogen-bond donors (Lipinski definition) is 5. The number of benzene rings is 1. The van der Waals surface area contributed by atoms with E-state index in [4.69, 9.17) is 4.98 Å². The van der Waals surface area contributed by atoms with Crippen molar-refractivity contribution in [2.24, 2.45) is 5.92 Å². The highest BCUT2D eigenvalue weighted by atomic mass is 19.1. The third-order valence-electron chi connectivity index (χ3n) is 8.41. The van der Waals surface area contributed by atoms with Crippen LogP contribution in [0.4, 0.5) is 15.8 Å². The van der Waals surface area contributed by atoms with Gasteiger partial charge in [-0.2, -0.15) is 5.10 Å². The summed E-state index contributed by atoms with van der Waals surface area (Å²) in [7, 11) is 3.99. The van der Waals surface area contributed by atoms with Crippen LogP contribution in [0.5, 0.6) is 0 Å². The van der Waals surface area contributed by atoms with Crippen LogP contribution in [0.3, 0.4) is 0 Å². The molecule has 6 heterocycles. The first-order valence-electron chi connectivity index (χ1n) is 15.7. The van der Waals surface area contributed by atoms with Gasteiger partial charge in [-0.1, -0.05) is 0 Å². The van der Waals surface area contributed by atoms with E-state index in [-0.39, 0.29) is 11.7 Å². The van der Waals surface area contributed by atoms with Crippen LogP contribution in [0, 0.1) is 11.7 Å². The Morgan fingerprint density at radius 3 is 2.72 bits per heavy atom. The van der Waals surface area contributed by atoms with Crippen LogP contribution < -0.4 is 16.0 Å². The minimum Gasteiger partial charge on any atom is -0.384 e. The van der Waals surface area contributed by atoms with Crippen LogP contribution in [0.1, 0.15) is 19.3 Å². The summed E-state index contributed by atoms with van der Waals surface area (Å²) >= 11 is 0. The summed E-state index contributed by atoms with van der Waals surface area (Å²) in [5.41, 5.74) is 6.72. The lowest BCUT2D eigenvalue weighted by atomic mass is 9.94. The second-order valence-electron chi connectivity index (χ2n) is 12.2. The molecule has 0 spiro atoms. The van der Waals surface area contributed by atoms with Gasteiger partial charge in [0.05, 0.1) is 34.8 Å². The third kappa shape index (κ3) is 6.81. The van der Waals surface area contributed by atoms with Gasteiger partial charge in [0.25, 0.3) is 0 Å². The molecule has 0 atom stereocenters. The zero-order chi connectivity index (χ0) is 32.3. The number of rotatable bonds is 10. The van der Waals surface area contributed by atoms with Crippen LogP contribution in [0.2, 0.25) is 0 Å². The standard InChI is InChI=1S/C34H36FN11O/c1-46(2)10-9-38-24-13-21(12-23(35)15-24)26-5-8-39-33-31(26)42-34(43-33)32-27-16-28(40-19-29(27)44-45-32)22-14-25(18-37-17-22)41-30(47)11-20-3-6-36-7-4-20/h5,8,12-20,36,38H,3-4,6-7,9-11H2,1-2H3,(H,41,47)(H,44,45)(H,39,42,43). The van der Waals surface area contributed by atoms with Crippen LogP contribution in [0.25, 0.3) is 56.0 Å². The van der Waals surface area contributed by atoms with E-state index in [1.165, 1.54) is 12.1 Å². The molecule has 47 heavy (non-hydrogen) atoms. The fraction of sp³-hybridized carbons (Fsp3) is 0.294. The monoisotopic (exact) mass is 633 g/mol. The molecule has 1 saturated heterocycles. The van der Waals surface area contributed by atoms with Crippen molar-refractivity contribution >= 4 is 39.3 Å². The normalized spacial score (nSPS) is 13.9. The molecule has 7 rings (SSSR count). The molecule has 6 aromatic rings. The Balaban J connectivity index is 1.16. The number of carbonyl (C=O) groups is 1. The molecule has 0 aliphatic carbocycles. The summed E-state index contributed by atoms with van der Waals surface area (Å²) in [6.07, 6.45) is 9.26. The van der Waals surface area contributed by atoms with Crippen molar-refractivity contribution in [1.29, 1.82) is 0 Å². The van der Waals surface area contributed by atoms with Crippen molar-refractivity contribution < 1.29 is 9.18 Å². The summed E-state index contributed by atoms with van der Waals surface area (Å²) in [4.78, 5) is 36.4. The fourth-order valence-corrected chi connectivity index (χ4v) is 6.00. The number of aromatic nitrogens is 7. The Labute approximate surface area is 270 Å². The minimum atomic E-state index is -0.335. The molecule has 5 N–H and O–H groups in total. The molecule has 13 heteroatoms. The highest BCUT2D eigenvalue weighted by molar-refractivity contribution is 5.97. The zero-order valence-corrected chi connectivity index (χ0v) is 26.3. The number of pyridine rings is 3. The van der Waals surface area contributed by atoms with E-state index >= 15 is 0 Å². The number of amides is 1. The lowest BCUT2D eigenvalue weighted by molar-refractivity contribution is -0.117. The topological polar surface area (TPSA) is 152 Å². The van der Waals surface area contributed by atoms with Gasteiger partial charge in [0, 0.05) is 54.1 Å². The summed E-state index contributed by atoms with van der Waals surface area (Å²) in [5, 5.41) is 18.0. The SMILES string of the molecule is CN(C)CCNc1cc(F)cc(-c2ccnc3nc(-c4n[nH]c5cnc(-c6cncc(NC(=O)CC7CCNCC7)c6)cc45)[nH]c23)c1. The number of aromatic amines is 2. The van der Waals surface area contributed by atoms with Gasteiger partial charge < -0.3 is 25.8 Å². The van der Waals surface area contributed by atoms with Gasteiger partial charge >= 0.3 is 0 Å². The molecular formula is C34H36FN11O. The molecule has 1 aliphatic heterocycles. The van der Waals surface area contributed by atoms with Crippen molar-refractivity contribution in [3.63, 3.8) is 0 Å². The molecule has 1 fully saturated rings. The summed E-state index contributed by atoms with van der Waals surface area (Å²) in [5.74, 6) is 0.560. The summed E-state index contributed by atoms with van der Waals surface area (Å²) in [6, 6.07) is 10.6. The Kier molecular flexibility index (Phi) is 8.55. The van der Waals surface area contributed by atoms with Crippen LogP contribution in [-0.2, 0) is 4.79 Å². The Morgan fingerprint density at radius 1 is 1.02 bits per heavy atom. The summed E-state index contributed by atoms with van der Waals surface area (Å²) in [6.45, 7) is 3.41. The number of hydrogen-bond acceptors (Lipinski definition) is 9. The number of piperidine rings is 1. The van der Waals surface area contributed by atoms with E-state index in [0.717, 1.165) is 54.5 Å². The average molecular weight is 634 g/mol. The van der Waals surface area contributed by atoms with E-state index in [2.05, 4.69) is 51.0 Å². The second kappa shape index (κ2) is 13.2. The predicted octanol–water partition coefficient (Wildman–Crippen LogP) is 5.07. The molecule has 0 bridgehead atoms. The van der Waals surface area contributed by atoms with Gasteiger partial charge in [0.15, 0.2) is 11.5 Å². The number of carbonyl (C=O) groups excluding carboxylic acids is 1. The number of imidazole rings is 1. The Hall–Kier alpha value is -5.27. The first-order valence-corrected chi connectivity index (χ1v) is 15.7. The second-order valence-corrected chi connectivity index (χ2v) is 12.2. The van der Waals surface area contributed by atoms with Crippen molar-refractivity contribution in [2.45, 2.75) is 19.3 Å². The molecule has 240 valence electrons. The van der Waals surface area contributed by atoms with Crippen molar-refractivity contribution in [3.05, 3.63) is 67.0 Å². The first-order chi connectivity index (χ1) is 22.9. The first kappa shape index (κ1) is 30.4. The smallest absolute Gasteiger partial charge is 0.224 e. The van der Waals surface area contributed by atoms with Gasteiger partial charge in [0.1, 0.15) is 11.5 Å². The number of nitrogens with one attached hydrogen (secondary N) is 5. The van der Waals surface area contributed by atoms with Gasteiger partial charge in [-0.3, -0.25) is 19.9 Å². The number of fused-ring (bicyclic) bond motifs is 2. The maximum Gasteiger partial charge on any atom is 0.224 e. The molecule has 0 unspecified atom stereocenters. The highest BCUT2D eigenvalue weighted by Gasteiger charge is 2.19. The molecule has 0 saturated carbocycles. The van der Waals surface area contributed by atoms with E-state index in [0.29, 0.717) is 64.2 Å². The molecular weight excluding hydrogens is 597 g/mol. The lowest BCUT2D eigenvalue weighted by Gasteiger charge is -2.21. The van der Waals surface area contributed by atoms with E-state index < -0.39 is 0 Å². The minimum absolute atomic E-state index is 0.00991. The van der Waals surface area contributed by atoms with E-state index in [1.807, 2.05) is 38.4 Å². The van der Waals surface area contributed by atoms with E-state index in [1.54, 1.807) is 24.8 Å². The fourth-order valence-electron chi connectivity index (χ4n) is 6.00. The van der Waals surface area contributed by atoms with Gasteiger partial charge in [-0.15, -0.1) is 0 Å². The molecule has 1 aliphatic rings. The van der Waals surface area contributed by atoms with Crippen molar-refractivity contribution in [3.8, 4) is 33.9 Å². The number of likely N-dealkylation sites (N-methyl/N-ethyl adjacent to an activating group) is 1. The Morgan fingerprint density at radius 2 is 1.87 bits per heavy atom. The molecule has 0 radical (unpaired) electrons. The number of anilines is 2. The van der Waals surface area contributed by atoms with Crippen molar-refractivity contribution in [1.82, 2.24) is 45.3 Å². The average Bonchev–Trinajstić information content (AvgIpc) is 3.69. The summed E-state index contributed by atoms with van der Waals surface area (Å²) < 4.78 is 14.7. The maximum absolute atomic E-state index is 14.7.